The van der Waals surface area contributed by atoms with Crippen molar-refractivity contribution in [2.75, 3.05) is 11.9 Å². The summed E-state index contributed by atoms with van der Waals surface area (Å²) in [6.07, 6.45) is 0. The molecule has 0 aliphatic carbocycles. The Kier molecular flexibility index (Phi) is 7.14. The van der Waals surface area contributed by atoms with Gasteiger partial charge < -0.3 is 21.1 Å². The molecule has 0 bridgehead atoms. The summed E-state index contributed by atoms with van der Waals surface area (Å²) in [5.74, 6) is -0.684. The summed E-state index contributed by atoms with van der Waals surface area (Å²) in [5, 5.41) is 5.51. The molecular weight excluding hydrogens is 358 g/mol. The van der Waals surface area contributed by atoms with Gasteiger partial charge in [0.2, 0.25) is 11.8 Å². The first-order chi connectivity index (χ1) is 13.3. The van der Waals surface area contributed by atoms with E-state index in [4.69, 9.17) is 10.5 Å². The number of anilines is 1. The Bertz CT molecular complexity index is 830. The third-order valence-corrected chi connectivity index (χ3v) is 4.10. The lowest BCUT2D eigenvalue weighted by Gasteiger charge is -2.22. The zero-order valence-corrected chi connectivity index (χ0v) is 16.2. The third-order valence-electron chi connectivity index (χ3n) is 4.10. The zero-order valence-electron chi connectivity index (χ0n) is 16.2. The fourth-order valence-electron chi connectivity index (χ4n) is 2.57. The number of ether oxygens (including phenoxy) is 1. The van der Waals surface area contributed by atoms with Crippen molar-refractivity contribution in [3.05, 3.63) is 59.7 Å². The molecule has 0 unspecified atom stereocenters. The lowest BCUT2D eigenvalue weighted by atomic mass is 10.0. The molecule has 28 heavy (non-hydrogen) atoms. The van der Waals surface area contributed by atoms with Crippen LogP contribution < -0.4 is 21.1 Å². The maximum Gasteiger partial charge on any atom is 0.251 e. The topological polar surface area (TPSA) is 111 Å². The SMILES string of the molecule is CCOc1ccc(C(=O)N[C@@H](C(=O)Nc2ccc(C(N)=O)cc2)C(C)C)cc1. The zero-order chi connectivity index (χ0) is 20.7. The fraction of sp³-hybridized carbons (Fsp3) is 0.286. The maximum atomic E-state index is 12.6. The van der Waals surface area contributed by atoms with E-state index in [1.807, 2.05) is 20.8 Å². The van der Waals surface area contributed by atoms with Gasteiger partial charge in [-0.15, -0.1) is 0 Å². The number of hydrogen-bond acceptors (Lipinski definition) is 4. The highest BCUT2D eigenvalue weighted by Gasteiger charge is 2.25. The number of rotatable bonds is 8. The van der Waals surface area contributed by atoms with Crippen LogP contribution in [-0.4, -0.2) is 30.4 Å². The molecule has 3 amide bonds. The standard InChI is InChI=1S/C21H25N3O4/c1-4-28-17-11-7-15(8-12-17)20(26)24-18(13(2)3)21(27)23-16-9-5-14(6-10-16)19(22)25/h5-13,18H,4H2,1-3H3,(H2,22,25)(H,23,27)(H,24,26)/t18-/m1/s1. The molecule has 0 aromatic heterocycles. The largest absolute Gasteiger partial charge is 0.494 e. The predicted molar refractivity (Wildman–Crippen MR) is 107 cm³/mol. The molecule has 2 aromatic rings. The van der Waals surface area contributed by atoms with Crippen molar-refractivity contribution in [1.29, 1.82) is 0 Å². The third kappa shape index (κ3) is 5.57. The van der Waals surface area contributed by atoms with E-state index >= 15 is 0 Å². The molecule has 0 heterocycles. The predicted octanol–water partition coefficient (Wildman–Crippen LogP) is 2.58. The van der Waals surface area contributed by atoms with Crippen molar-refractivity contribution in [3.63, 3.8) is 0 Å². The van der Waals surface area contributed by atoms with Crippen LogP contribution in [-0.2, 0) is 4.79 Å². The highest BCUT2D eigenvalue weighted by molar-refractivity contribution is 6.01. The van der Waals surface area contributed by atoms with Crippen LogP contribution in [0, 0.1) is 5.92 Å². The first kappa shape index (κ1) is 21.0. The number of carbonyl (C=O) groups excluding carboxylic acids is 3. The summed E-state index contributed by atoms with van der Waals surface area (Å²) in [6, 6.07) is 12.2. The average molecular weight is 383 g/mol. The summed E-state index contributed by atoms with van der Waals surface area (Å²) < 4.78 is 5.36. The molecule has 1 atom stereocenters. The minimum Gasteiger partial charge on any atom is -0.494 e. The van der Waals surface area contributed by atoms with Gasteiger partial charge in [-0.05, 0) is 61.4 Å². The first-order valence-corrected chi connectivity index (χ1v) is 9.06. The quantitative estimate of drug-likeness (QED) is 0.650. The lowest BCUT2D eigenvalue weighted by molar-refractivity contribution is -0.118. The molecule has 2 aromatic carbocycles. The van der Waals surface area contributed by atoms with Crippen molar-refractivity contribution in [2.45, 2.75) is 26.8 Å². The number of amides is 3. The minimum atomic E-state index is -0.727. The van der Waals surface area contributed by atoms with Gasteiger partial charge in [0.05, 0.1) is 6.61 Å². The highest BCUT2D eigenvalue weighted by atomic mass is 16.5. The molecule has 148 valence electrons. The molecule has 7 nitrogen and oxygen atoms in total. The Balaban J connectivity index is 2.05. The van der Waals surface area contributed by atoms with Crippen molar-refractivity contribution >= 4 is 23.4 Å². The number of nitrogens with two attached hydrogens (primary N) is 1. The van der Waals surface area contributed by atoms with Crippen LogP contribution in [0.15, 0.2) is 48.5 Å². The average Bonchev–Trinajstić information content (AvgIpc) is 2.66. The van der Waals surface area contributed by atoms with E-state index in [0.29, 0.717) is 29.2 Å². The molecule has 0 fully saturated rings. The molecule has 2 rings (SSSR count). The summed E-state index contributed by atoms with van der Waals surface area (Å²) in [6.45, 7) is 6.12. The molecular formula is C21H25N3O4. The lowest BCUT2D eigenvalue weighted by Crippen LogP contribution is -2.47. The van der Waals surface area contributed by atoms with Crippen LogP contribution in [0.1, 0.15) is 41.5 Å². The van der Waals surface area contributed by atoms with Crippen LogP contribution in [0.2, 0.25) is 0 Å². The van der Waals surface area contributed by atoms with Gasteiger partial charge in [0.1, 0.15) is 11.8 Å². The molecule has 4 N–H and O–H groups in total. The monoisotopic (exact) mass is 383 g/mol. The number of carbonyl (C=O) groups is 3. The number of benzene rings is 2. The van der Waals surface area contributed by atoms with E-state index < -0.39 is 11.9 Å². The molecule has 0 aliphatic heterocycles. The Morgan fingerprint density at radius 3 is 2.04 bits per heavy atom. The Hall–Kier alpha value is -3.35. The molecule has 0 aliphatic rings. The highest BCUT2D eigenvalue weighted by Crippen LogP contribution is 2.14. The van der Waals surface area contributed by atoms with E-state index in [1.165, 1.54) is 12.1 Å². The molecule has 0 saturated carbocycles. The number of primary amides is 1. The Morgan fingerprint density at radius 2 is 1.54 bits per heavy atom. The smallest absolute Gasteiger partial charge is 0.251 e. The number of nitrogens with one attached hydrogen (secondary N) is 2. The van der Waals surface area contributed by atoms with Gasteiger partial charge in [-0.25, -0.2) is 0 Å². The van der Waals surface area contributed by atoms with Crippen LogP contribution in [0.25, 0.3) is 0 Å². The second-order valence-corrected chi connectivity index (χ2v) is 6.58. The van der Waals surface area contributed by atoms with Crippen LogP contribution in [0.4, 0.5) is 5.69 Å². The van der Waals surface area contributed by atoms with Gasteiger partial charge in [0.15, 0.2) is 0 Å². The maximum absolute atomic E-state index is 12.6. The van der Waals surface area contributed by atoms with Gasteiger partial charge in [0, 0.05) is 16.8 Å². The van der Waals surface area contributed by atoms with Gasteiger partial charge in [0.25, 0.3) is 5.91 Å². The summed E-state index contributed by atoms with van der Waals surface area (Å²) in [7, 11) is 0. The van der Waals surface area contributed by atoms with Crippen molar-refractivity contribution in [3.8, 4) is 5.75 Å². The van der Waals surface area contributed by atoms with Crippen LogP contribution in [0.5, 0.6) is 5.75 Å². The molecule has 7 heteroatoms. The van der Waals surface area contributed by atoms with Gasteiger partial charge in [-0.3, -0.25) is 14.4 Å². The van der Waals surface area contributed by atoms with Gasteiger partial charge in [-0.2, -0.15) is 0 Å². The van der Waals surface area contributed by atoms with Crippen LogP contribution in [0.3, 0.4) is 0 Å². The van der Waals surface area contributed by atoms with E-state index in [1.54, 1.807) is 36.4 Å². The van der Waals surface area contributed by atoms with E-state index in [2.05, 4.69) is 10.6 Å². The van der Waals surface area contributed by atoms with E-state index in [9.17, 15) is 14.4 Å². The van der Waals surface area contributed by atoms with Gasteiger partial charge >= 0.3 is 0 Å². The van der Waals surface area contributed by atoms with E-state index in [-0.39, 0.29) is 17.7 Å². The first-order valence-electron chi connectivity index (χ1n) is 9.06. The summed E-state index contributed by atoms with van der Waals surface area (Å²) in [4.78, 5) is 36.3. The second kappa shape index (κ2) is 9.55. The van der Waals surface area contributed by atoms with Crippen LogP contribution >= 0.6 is 0 Å². The number of hydrogen-bond donors (Lipinski definition) is 3. The normalized spacial score (nSPS) is 11.6. The van der Waals surface area contributed by atoms with Gasteiger partial charge in [-0.1, -0.05) is 13.8 Å². The fourth-order valence-corrected chi connectivity index (χ4v) is 2.57. The summed E-state index contributed by atoms with van der Waals surface area (Å²) in [5.41, 5.74) is 6.50. The molecule has 0 spiro atoms. The summed E-state index contributed by atoms with van der Waals surface area (Å²) >= 11 is 0. The minimum absolute atomic E-state index is 0.128. The van der Waals surface area contributed by atoms with E-state index in [0.717, 1.165) is 0 Å². The Morgan fingerprint density at radius 1 is 0.964 bits per heavy atom. The van der Waals surface area contributed by atoms with Crippen molar-refractivity contribution in [2.24, 2.45) is 11.7 Å². The van der Waals surface area contributed by atoms with Crippen molar-refractivity contribution in [1.82, 2.24) is 5.32 Å². The van der Waals surface area contributed by atoms with Crippen molar-refractivity contribution < 1.29 is 19.1 Å². The molecule has 0 saturated heterocycles. The second-order valence-electron chi connectivity index (χ2n) is 6.58. The molecule has 0 radical (unpaired) electrons. The Labute approximate surface area is 164 Å².